The van der Waals surface area contributed by atoms with Gasteiger partial charge in [-0.05, 0) is 39.3 Å². The number of aliphatic imine (C=N–C) groups is 1. The van der Waals surface area contributed by atoms with E-state index in [0.29, 0.717) is 5.92 Å². The molecule has 1 atom stereocenters. The third-order valence-electron chi connectivity index (χ3n) is 5.08. The van der Waals surface area contributed by atoms with Gasteiger partial charge in [0, 0.05) is 38.2 Å². The number of nitrogens with one attached hydrogen (secondary N) is 2. The average Bonchev–Trinajstić information content (AvgIpc) is 3.19. The molecule has 150 valence electrons. The fourth-order valence-corrected chi connectivity index (χ4v) is 3.69. The summed E-state index contributed by atoms with van der Waals surface area (Å²) in [6.07, 6.45) is 0.987. The largest absolute Gasteiger partial charge is 0.361 e. The molecule has 0 aliphatic rings. The van der Waals surface area contributed by atoms with Gasteiger partial charge in [-0.25, -0.2) is 4.98 Å². The van der Waals surface area contributed by atoms with Crippen molar-refractivity contribution in [1.82, 2.24) is 25.3 Å². The van der Waals surface area contributed by atoms with Gasteiger partial charge in [0.25, 0.3) is 0 Å². The van der Waals surface area contributed by atoms with Gasteiger partial charge in [0.1, 0.15) is 11.6 Å². The lowest BCUT2D eigenvalue weighted by Gasteiger charge is -2.16. The molecule has 0 aliphatic heterocycles. The second kappa shape index (κ2) is 8.91. The van der Waals surface area contributed by atoms with Gasteiger partial charge in [-0.2, -0.15) is 0 Å². The first-order chi connectivity index (χ1) is 13.5. The van der Waals surface area contributed by atoms with Crippen LogP contribution in [0.2, 0.25) is 0 Å². The number of para-hydroxylation sites is 2. The molecule has 0 spiro atoms. The minimum Gasteiger partial charge on any atom is -0.361 e. The number of fused-ring (bicyclic) bond motifs is 1. The Morgan fingerprint density at radius 2 is 2.00 bits per heavy atom. The fourth-order valence-electron chi connectivity index (χ4n) is 3.69. The van der Waals surface area contributed by atoms with Crippen molar-refractivity contribution in [2.24, 2.45) is 4.99 Å². The van der Waals surface area contributed by atoms with Crippen LogP contribution in [0.15, 0.2) is 33.8 Å². The standard InChI is InChI=1S/C21H30N6O/c1-14(20-15(2)26-28-16(20)3)13-24-21(22-5)23-11-8-12-27-17(4)25-18-9-6-7-10-19(18)27/h6-7,9-10,14H,8,11-13H2,1-5H3,(H2,22,23,24). The topological polar surface area (TPSA) is 80.3 Å². The van der Waals surface area contributed by atoms with Crippen molar-refractivity contribution in [3.8, 4) is 0 Å². The van der Waals surface area contributed by atoms with Crippen LogP contribution in [0.3, 0.4) is 0 Å². The van der Waals surface area contributed by atoms with Gasteiger partial charge in [-0.15, -0.1) is 0 Å². The van der Waals surface area contributed by atoms with Crippen molar-refractivity contribution in [1.29, 1.82) is 0 Å². The lowest BCUT2D eigenvalue weighted by molar-refractivity contribution is 0.391. The number of hydrogen-bond donors (Lipinski definition) is 2. The number of hydrogen-bond acceptors (Lipinski definition) is 4. The van der Waals surface area contributed by atoms with E-state index in [9.17, 15) is 0 Å². The highest BCUT2D eigenvalue weighted by Crippen LogP contribution is 2.22. The molecule has 0 amide bonds. The summed E-state index contributed by atoms with van der Waals surface area (Å²) in [5.41, 5.74) is 4.37. The number of rotatable bonds is 7. The van der Waals surface area contributed by atoms with Crippen molar-refractivity contribution >= 4 is 17.0 Å². The lowest BCUT2D eigenvalue weighted by Crippen LogP contribution is -2.39. The van der Waals surface area contributed by atoms with Crippen LogP contribution in [-0.2, 0) is 6.54 Å². The minimum atomic E-state index is 0.296. The van der Waals surface area contributed by atoms with Crippen molar-refractivity contribution < 1.29 is 4.52 Å². The SMILES string of the molecule is CN=C(NCCCn1c(C)nc2ccccc21)NCC(C)c1c(C)noc1C. The molecule has 2 aromatic heterocycles. The number of imidazole rings is 1. The van der Waals surface area contributed by atoms with Crippen LogP contribution in [0.1, 0.15) is 42.1 Å². The Labute approximate surface area is 166 Å². The van der Waals surface area contributed by atoms with Crippen LogP contribution < -0.4 is 10.6 Å². The average molecular weight is 383 g/mol. The predicted octanol–water partition coefficient (Wildman–Crippen LogP) is 3.31. The Balaban J connectivity index is 1.47. The Bertz CT molecular complexity index is 936. The number of nitrogens with zero attached hydrogens (tertiary/aromatic N) is 4. The summed E-state index contributed by atoms with van der Waals surface area (Å²) in [6, 6.07) is 8.27. The molecule has 0 saturated carbocycles. The summed E-state index contributed by atoms with van der Waals surface area (Å²) in [6.45, 7) is 10.7. The Morgan fingerprint density at radius 1 is 1.21 bits per heavy atom. The van der Waals surface area contributed by atoms with Gasteiger partial charge >= 0.3 is 0 Å². The highest BCUT2D eigenvalue weighted by atomic mass is 16.5. The molecule has 2 N–H and O–H groups in total. The van der Waals surface area contributed by atoms with Crippen LogP contribution in [0.25, 0.3) is 11.0 Å². The summed E-state index contributed by atoms with van der Waals surface area (Å²) in [7, 11) is 1.80. The maximum absolute atomic E-state index is 5.27. The van der Waals surface area contributed by atoms with Crippen molar-refractivity contribution in [2.75, 3.05) is 20.1 Å². The van der Waals surface area contributed by atoms with Crippen molar-refractivity contribution in [2.45, 2.75) is 46.6 Å². The van der Waals surface area contributed by atoms with Crippen LogP contribution in [0, 0.1) is 20.8 Å². The normalized spacial score (nSPS) is 13.1. The molecule has 0 saturated heterocycles. The number of aryl methyl sites for hydroxylation is 4. The maximum Gasteiger partial charge on any atom is 0.190 e. The minimum absolute atomic E-state index is 0.296. The second-order valence-electron chi connectivity index (χ2n) is 7.17. The lowest BCUT2D eigenvalue weighted by atomic mass is 10.00. The van der Waals surface area contributed by atoms with Gasteiger partial charge < -0.3 is 19.7 Å². The summed E-state index contributed by atoms with van der Waals surface area (Å²) >= 11 is 0. The van der Waals surface area contributed by atoms with Gasteiger partial charge in [0.05, 0.1) is 16.7 Å². The van der Waals surface area contributed by atoms with Crippen LogP contribution >= 0.6 is 0 Å². The molecule has 2 heterocycles. The molecule has 7 nitrogen and oxygen atoms in total. The van der Waals surface area contributed by atoms with Crippen molar-refractivity contribution in [3.63, 3.8) is 0 Å². The maximum atomic E-state index is 5.27. The molecule has 3 rings (SSSR count). The third kappa shape index (κ3) is 4.35. The highest BCUT2D eigenvalue weighted by Gasteiger charge is 2.16. The van der Waals surface area contributed by atoms with E-state index in [2.05, 4.69) is 62.4 Å². The van der Waals surface area contributed by atoms with E-state index in [0.717, 1.165) is 54.8 Å². The quantitative estimate of drug-likeness (QED) is 0.372. The monoisotopic (exact) mass is 382 g/mol. The Hall–Kier alpha value is -2.83. The summed E-state index contributed by atoms with van der Waals surface area (Å²) in [4.78, 5) is 8.95. The molecule has 1 aromatic carbocycles. The molecular formula is C21H30N6O. The number of guanidine groups is 1. The Morgan fingerprint density at radius 3 is 2.71 bits per heavy atom. The molecule has 0 bridgehead atoms. The molecule has 0 aliphatic carbocycles. The van der Waals surface area contributed by atoms with Gasteiger partial charge in [0.2, 0.25) is 0 Å². The van der Waals surface area contributed by atoms with E-state index < -0.39 is 0 Å². The predicted molar refractivity (Wildman–Crippen MR) is 113 cm³/mol. The zero-order valence-electron chi connectivity index (χ0n) is 17.4. The number of benzene rings is 1. The van der Waals surface area contributed by atoms with E-state index in [4.69, 9.17) is 4.52 Å². The van der Waals surface area contributed by atoms with Crippen LogP contribution in [-0.4, -0.2) is 40.8 Å². The van der Waals surface area contributed by atoms with Gasteiger partial charge in [0.15, 0.2) is 5.96 Å². The van der Waals surface area contributed by atoms with E-state index in [1.54, 1.807) is 7.05 Å². The zero-order valence-corrected chi connectivity index (χ0v) is 17.4. The third-order valence-corrected chi connectivity index (χ3v) is 5.08. The number of aromatic nitrogens is 3. The second-order valence-corrected chi connectivity index (χ2v) is 7.17. The van der Waals surface area contributed by atoms with Crippen molar-refractivity contribution in [3.05, 3.63) is 47.1 Å². The summed E-state index contributed by atoms with van der Waals surface area (Å²) in [5, 5.41) is 10.8. The summed E-state index contributed by atoms with van der Waals surface area (Å²) in [5.74, 6) is 3.05. The molecule has 3 aromatic rings. The molecule has 0 radical (unpaired) electrons. The van der Waals surface area contributed by atoms with E-state index >= 15 is 0 Å². The van der Waals surface area contributed by atoms with E-state index in [-0.39, 0.29) is 0 Å². The molecule has 0 fully saturated rings. The highest BCUT2D eigenvalue weighted by molar-refractivity contribution is 5.79. The van der Waals surface area contributed by atoms with Gasteiger partial charge in [-0.1, -0.05) is 24.2 Å². The summed E-state index contributed by atoms with van der Waals surface area (Å²) < 4.78 is 7.54. The molecular weight excluding hydrogens is 352 g/mol. The van der Waals surface area contributed by atoms with Crippen LogP contribution in [0.4, 0.5) is 0 Å². The first-order valence-corrected chi connectivity index (χ1v) is 9.80. The molecule has 1 unspecified atom stereocenters. The first-order valence-electron chi connectivity index (χ1n) is 9.80. The van der Waals surface area contributed by atoms with E-state index in [1.807, 2.05) is 19.9 Å². The smallest absolute Gasteiger partial charge is 0.190 e. The fraction of sp³-hybridized carbons (Fsp3) is 0.476. The van der Waals surface area contributed by atoms with E-state index in [1.165, 1.54) is 11.1 Å². The molecule has 28 heavy (non-hydrogen) atoms. The van der Waals surface area contributed by atoms with Crippen LogP contribution in [0.5, 0.6) is 0 Å². The zero-order chi connectivity index (χ0) is 20.1. The van der Waals surface area contributed by atoms with Gasteiger partial charge in [-0.3, -0.25) is 4.99 Å². The Kier molecular flexibility index (Phi) is 6.34. The molecule has 7 heteroatoms. The first kappa shape index (κ1) is 19.9.